The van der Waals surface area contributed by atoms with Gasteiger partial charge in [0.05, 0.1) is 15.6 Å². The number of amides is 1. The van der Waals surface area contributed by atoms with Gasteiger partial charge in [-0.25, -0.2) is 4.52 Å². The highest BCUT2D eigenvalue weighted by Crippen LogP contribution is 2.33. The molecule has 0 fully saturated rings. The molecule has 0 saturated heterocycles. The van der Waals surface area contributed by atoms with Gasteiger partial charge in [-0.15, -0.1) is 16.4 Å². The van der Waals surface area contributed by atoms with E-state index in [4.69, 9.17) is 23.2 Å². The molecule has 1 N–H and O–H groups in total. The average Bonchev–Trinajstić information content (AvgIpc) is 3.24. The SMILES string of the molecule is O=C(Nc1nc2scc(-c3cc(Cl)ccc3Cl)n2n1)c1ccccc1[N+](=O)[O-]. The summed E-state index contributed by atoms with van der Waals surface area (Å²) in [6.07, 6.45) is 0. The molecule has 8 nitrogen and oxygen atoms in total. The second-order valence-electron chi connectivity index (χ2n) is 5.60. The molecule has 1 amide bonds. The van der Waals surface area contributed by atoms with Crippen molar-refractivity contribution in [1.29, 1.82) is 0 Å². The van der Waals surface area contributed by atoms with Crippen molar-refractivity contribution < 1.29 is 9.72 Å². The molecule has 0 unspecified atom stereocenters. The van der Waals surface area contributed by atoms with Gasteiger partial charge in [-0.1, -0.05) is 35.3 Å². The van der Waals surface area contributed by atoms with Crippen molar-refractivity contribution in [3.63, 3.8) is 0 Å². The molecule has 0 bridgehead atoms. The summed E-state index contributed by atoms with van der Waals surface area (Å²) in [5.41, 5.74) is 0.948. The van der Waals surface area contributed by atoms with E-state index in [1.54, 1.807) is 24.3 Å². The van der Waals surface area contributed by atoms with Gasteiger partial charge in [-0.05, 0) is 24.3 Å². The summed E-state index contributed by atoms with van der Waals surface area (Å²) in [7, 11) is 0. The molecular formula is C17H9Cl2N5O3S. The van der Waals surface area contributed by atoms with Crippen LogP contribution in [0.2, 0.25) is 10.0 Å². The first-order valence-electron chi connectivity index (χ1n) is 7.78. The van der Waals surface area contributed by atoms with Crippen molar-refractivity contribution in [2.24, 2.45) is 0 Å². The number of nitro groups is 1. The molecule has 0 aliphatic heterocycles. The third-order valence-electron chi connectivity index (χ3n) is 3.86. The average molecular weight is 434 g/mol. The Morgan fingerprint density at radius 3 is 2.79 bits per heavy atom. The number of fused-ring (bicyclic) bond motifs is 1. The fourth-order valence-corrected chi connectivity index (χ4v) is 3.82. The van der Waals surface area contributed by atoms with Gasteiger partial charge in [0.1, 0.15) is 5.56 Å². The first kappa shape index (κ1) is 18.4. The summed E-state index contributed by atoms with van der Waals surface area (Å²) in [5, 5.41) is 20.7. The molecular weight excluding hydrogens is 425 g/mol. The van der Waals surface area contributed by atoms with E-state index in [1.807, 2.05) is 5.38 Å². The molecule has 2 aromatic heterocycles. The molecule has 140 valence electrons. The van der Waals surface area contributed by atoms with E-state index in [0.717, 1.165) is 0 Å². The maximum atomic E-state index is 12.5. The fraction of sp³-hybridized carbons (Fsp3) is 0. The zero-order chi connectivity index (χ0) is 19.8. The second-order valence-corrected chi connectivity index (χ2v) is 7.28. The molecule has 0 radical (unpaired) electrons. The largest absolute Gasteiger partial charge is 0.289 e. The number of halogens is 2. The van der Waals surface area contributed by atoms with Crippen LogP contribution >= 0.6 is 34.5 Å². The second kappa shape index (κ2) is 7.19. The number of carbonyl (C=O) groups excluding carboxylic acids is 1. The van der Waals surface area contributed by atoms with E-state index in [9.17, 15) is 14.9 Å². The highest BCUT2D eigenvalue weighted by molar-refractivity contribution is 7.15. The monoisotopic (exact) mass is 433 g/mol. The third-order valence-corrected chi connectivity index (χ3v) is 5.24. The molecule has 2 heterocycles. The molecule has 4 rings (SSSR count). The standard InChI is InChI=1S/C17H9Cl2N5O3S/c18-9-5-6-12(19)11(7-9)14-8-28-17-21-16(22-23(14)17)20-15(25)10-3-1-2-4-13(10)24(26)27/h1-8H,(H,20,22,25). The predicted octanol–water partition coefficient (Wildman–Crippen LogP) is 4.93. The number of benzene rings is 2. The van der Waals surface area contributed by atoms with Gasteiger partial charge >= 0.3 is 0 Å². The summed E-state index contributed by atoms with van der Waals surface area (Å²) in [5.74, 6) is -0.651. The summed E-state index contributed by atoms with van der Waals surface area (Å²) in [4.78, 5) is 27.7. The van der Waals surface area contributed by atoms with E-state index < -0.39 is 10.8 Å². The Hall–Kier alpha value is -3.01. The summed E-state index contributed by atoms with van der Waals surface area (Å²) < 4.78 is 1.53. The smallest absolute Gasteiger partial charge is 0.282 e. The Kier molecular flexibility index (Phi) is 4.71. The third kappa shape index (κ3) is 3.31. The minimum atomic E-state index is -0.673. The molecule has 0 spiro atoms. The number of para-hydroxylation sites is 1. The van der Waals surface area contributed by atoms with Crippen LogP contribution < -0.4 is 5.32 Å². The van der Waals surface area contributed by atoms with Gasteiger partial charge in [0, 0.05) is 22.0 Å². The number of hydrogen-bond acceptors (Lipinski definition) is 6. The quantitative estimate of drug-likeness (QED) is 0.363. The van der Waals surface area contributed by atoms with Crippen molar-refractivity contribution in [2.75, 3.05) is 5.32 Å². The molecule has 4 aromatic rings. The number of nitrogens with one attached hydrogen (secondary N) is 1. The first-order valence-corrected chi connectivity index (χ1v) is 9.42. The van der Waals surface area contributed by atoms with Crippen LogP contribution in [0.15, 0.2) is 47.8 Å². The first-order chi connectivity index (χ1) is 13.4. The van der Waals surface area contributed by atoms with Crippen LogP contribution in [0.25, 0.3) is 16.2 Å². The Morgan fingerprint density at radius 2 is 2.00 bits per heavy atom. The summed E-state index contributed by atoms with van der Waals surface area (Å²) in [6.45, 7) is 0. The lowest BCUT2D eigenvalue weighted by atomic mass is 10.1. The van der Waals surface area contributed by atoms with Gasteiger partial charge < -0.3 is 0 Å². The fourth-order valence-electron chi connectivity index (χ4n) is 2.61. The number of carbonyl (C=O) groups is 1. The van der Waals surface area contributed by atoms with E-state index in [2.05, 4.69) is 15.4 Å². The van der Waals surface area contributed by atoms with Gasteiger partial charge in [-0.2, -0.15) is 4.98 Å². The number of thiazole rings is 1. The minimum Gasteiger partial charge on any atom is -0.289 e. The highest BCUT2D eigenvalue weighted by atomic mass is 35.5. The van der Waals surface area contributed by atoms with Crippen LogP contribution in [-0.2, 0) is 0 Å². The van der Waals surface area contributed by atoms with Crippen molar-refractivity contribution in [3.05, 3.63) is 73.6 Å². The summed E-state index contributed by atoms with van der Waals surface area (Å²) >= 11 is 13.6. The van der Waals surface area contributed by atoms with Crippen LogP contribution in [0.5, 0.6) is 0 Å². The van der Waals surface area contributed by atoms with Crippen molar-refractivity contribution in [2.45, 2.75) is 0 Å². The van der Waals surface area contributed by atoms with Gasteiger partial charge in [0.15, 0.2) is 0 Å². The van der Waals surface area contributed by atoms with Gasteiger partial charge in [0.2, 0.25) is 4.96 Å². The molecule has 0 aliphatic carbocycles. The van der Waals surface area contributed by atoms with E-state index >= 15 is 0 Å². The molecule has 2 aromatic carbocycles. The highest BCUT2D eigenvalue weighted by Gasteiger charge is 2.21. The maximum absolute atomic E-state index is 12.5. The predicted molar refractivity (Wildman–Crippen MR) is 107 cm³/mol. The van der Waals surface area contributed by atoms with Crippen LogP contribution in [0.1, 0.15) is 10.4 Å². The van der Waals surface area contributed by atoms with Crippen LogP contribution in [0.3, 0.4) is 0 Å². The lowest BCUT2D eigenvalue weighted by Crippen LogP contribution is -2.15. The van der Waals surface area contributed by atoms with Gasteiger partial charge in [0.25, 0.3) is 17.5 Å². The number of anilines is 1. The van der Waals surface area contributed by atoms with Crippen molar-refractivity contribution >= 4 is 57.0 Å². The normalized spacial score (nSPS) is 10.9. The lowest BCUT2D eigenvalue weighted by molar-refractivity contribution is -0.385. The van der Waals surface area contributed by atoms with Crippen molar-refractivity contribution in [1.82, 2.24) is 14.6 Å². The number of rotatable bonds is 4. The van der Waals surface area contributed by atoms with E-state index in [1.165, 1.54) is 34.1 Å². The van der Waals surface area contributed by atoms with E-state index in [-0.39, 0.29) is 17.2 Å². The van der Waals surface area contributed by atoms with E-state index in [0.29, 0.717) is 26.3 Å². The van der Waals surface area contributed by atoms with Crippen LogP contribution in [0, 0.1) is 10.1 Å². The molecule has 0 saturated carbocycles. The minimum absolute atomic E-state index is 0.0226. The number of aromatic nitrogens is 3. The zero-order valence-electron chi connectivity index (χ0n) is 13.8. The Morgan fingerprint density at radius 1 is 1.21 bits per heavy atom. The molecule has 0 aliphatic rings. The number of nitrogens with zero attached hydrogens (tertiary/aromatic N) is 4. The Labute approximate surface area is 171 Å². The molecule has 0 atom stereocenters. The number of hydrogen-bond donors (Lipinski definition) is 1. The Balaban J connectivity index is 1.69. The topological polar surface area (TPSA) is 102 Å². The van der Waals surface area contributed by atoms with Crippen molar-refractivity contribution in [3.8, 4) is 11.3 Å². The van der Waals surface area contributed by atoms with Crippen LogP contribution in [0.4, 0.5) is 11.6 Å². The Bertz CT molecular complexity index is 1240. The molecule has 11 heteroatoms. The maximum Gasteiger partial charge on any atom is 0.282 e. The van der Waals surface area contributed by atoms with Crippen LogP contribution in [-0.4, -0.2) is 25.4 Å². The lowest BCUT2D eigenvalue weighted by Gasteiger charge is -2.03. The molecule has 28 heavy (non-hydrogen) atoms. The summed E-state index contributed by atoms with van der Waals surface area (Å²) in [6, 6.07) is 10.7. The van der Waals surface area contributed by atoms with Gasteiger partial charge in [-0.3, -0.25) is 20.2 Å². The zero-order valence-corrected chi connectivity index (χ0v) is 16.1. The number of nitro benzene ring substituents is 1.